The first-order valence-corrected chi connectivity index (χ1v) is 6.86. The van der Waals surface area contributed by atoms with Crippen molar-refractivity contribution in [1.82, 2.24) is 4.98 Å². The second-order valence-corrected chi connectivity index (χ2v) is 5.19. The molecule has 3 heterocycles. The summed E-state index contributed by atoms with van der Waals surface area (Å²) in [6.07, 6.45) is 1.22. The van der Waals surface area contributed by atoms with Gasteiger partial charge in [0.25, 0.3) is 0 Å². The number of rotatable bonds is 3. The molecule has 0 aliphatic rings. The second-order valence-electron chi connectivity index (χ2n) is 3.55. The fourth-order valence-electron chi connectivity index (χ4n) is 1.49. The molecule has 18 heavy (non-hydrogen) atoms. The number of aromatic nitrogens is 1. The summed E-state index contributed by atoms with van der Waals surface area (Å²) < 4.78 is 5.21. The van der Waals surface area contributed by atoms with Gasteiger partial charge < -0.3 is 9.52 Å². The minimum atomic E-state index is -1.00. The van der Waals surface area contributed by atoms with Crippen LogP contribution in [0.1, 0.15) is 10.4 Å². The Balaban J connectivity index is 1.95. The van der Waals surface area contributed by atoms with Gasteiger partial charge in [0.1, 0.15) is 17.0 Å². The van der Waals surface area contributed by atoms with E-state index in [0.29, 0.717) is 11.5 Å². The fraction of sp³-hybridized carbons (Fsp3) is 0. The molecule has 4 nitrogen and oxygen atoms in total. The number of carbonyl (C=O) groups is 1. The van der Waals surface area contributed by atoms with E-state index in [0.717, 1.165) is 10.6 Å². The third kappa shape index (κ3) is 1.96. The lowest BCUT2D eigenvalue weighted by molar-refractivity contribution is 0.0696. The zero-order valence-electron chi connectivity index (χ0n) is 8.99. The summed E-state index contributed by atoms with van der Waals surface area (Å²) in [4.78, 5) is 15.2. The van der Waals surface area contributed by atoms with Crippen molar-refractivity contribution >= 4 is 28.6 Å². The summed E-state index contributed by atoms with van der Waals surface area (Å²) in [5.41, 5.74) is 1.87. The van der Waals surface area contributed by atoms with Crippen molar-refractivity contribution in [3.05, 3.63) is 40.1 Å². The highest BCUT2D eigenvalue weighted by molar-refractivity contribution is 7.14. The smallest absolute Gasteiger partial charge is 0.338 e. The molecule has 0 saturated carbocycles. The first-order chi connectivity index (χ1) is 8.74. The summed E-state index contributed by atoms with van der Waals surface area (Å²) in [5.74, 6) is -0.525. The van der Waals surface area contributed by atoms with Crippen LogP contribution in [0.4, 0.5) is 0 Å². The van der Waals surface area contributed by atoms with Crippen LogP contribution in [0.25, 0.3) is 22.0 Å². The maximum absolute atomic E-state index is 10.8. The third-order valence-corrected chi connectivity index (χ3v) is 3.95. The van der Waals surface area contributed by atoms with Gasteiger partial charge in [0.05, 0.1) is 5.56 Å². The fourth-order valence-corrected chi connectivity index (χ4v) is 3.01. The number of nitrogens with zero attached hydrogens (tertiary/aromatic N) is 1. The summed E-state index contributed by atoms with van der Waals surface area (Å²) in [5, 5.41) is 15.6. The molecular formula is C12H7NO3S2. The largest absolute Gasteiger partial charge is 0.478 e. The Hall–Kier alpha value is -1.92. The van der Waals surface area contributed by atoms with E-state index in [1.54, 1.807) is 11.3 Å². The molecule has 0 amide bonds. The number of thiophene rings is 1. The van der Waals surface area contributed by atoms with Gasteiger partial charge in [0.15, 0.2) is 5.76 Å². The zero-order chi connectivity index (χ0) is 12.5. The van der Waals surface area contributed by atoms with E-state index in [2.05, 4.69) is 4.98 Å². The van der Waals surface area contributed by atoms with Gasteiger partial charge in [-0.2, -0.15) is 11.3 Å². The van der Waals surface area contributed by atoms with Gasteiger partial charge in [-0.25, -0.2) is 9.78 Å². The number of carboxylic acids is 1. The Morgan fingerprint density at radius 2 is 2.28 bits per heavy atom. The standard InChI is InChI=1S/C12H7NO3S2/c14-12(15)8-3-10(16-4-8)9-6-18-11(13-9)7-1-2-17-5-7/h1-6H,(H,14,15). The zero-order valence-corrected chi connectivity index (χ0v) is 10.6. The molecule has 0 aliphatic carbocycles. The summed E-state index contributed by atoms with van der Waals surface area (Å²) in [6, 6.07) is 3.48. The number of hydrogen-bond donors (Lipinski definition) is 1. The number of hydrogen-bond acceptors (Lipinski definition) is 5. The molecule has 1 N–H and O–H groups in total. The second kappa shape index (κ2) is 4.40. The highest BCUT2D eigenvalue weighted by Crippen LogP contribution is 2.30. The van der Waals surface area contributed by atoms with E-state index in [1.165, 1.54) is 23.7 Å². The molecule has 3 rings (SSSR count). The first kappa shape index (κ1) is 11.2. The van der Waals surface area contributed by atoms with E-state index in [-0.39, 0.29) is 5.56 Å². The van der Waals surface area contributed by atoms with Crippen LogP contribution in [-0.4, -0.2) is 16.1 Å². The molecule has 0 radical (unpaired) electrons. The van der Waals surface area contributed by atoms with Gasteiger partial charge in [-0.1, -0.05) is 0 Å². The minimum absolute atomic E-state index is 0.134. The summed E-state index contributed by atoms with van der Waals surface area (Å²) >= 11 is 3.12. The molecule has 0 aromatic carbocycles. The van der Waals surface area contributed by atoms with Crippen LogP contribution in [-0.2, 0) is 0 Å². The summed E-state index contributed by atoms with van der Waals surface area (Å²) in [7, 11) is 0. The number of furan rings is 1. The molecule has 0 atom stereocenters. The molecule has 0 bridgehead atoms. The van der Waals surface area contributed by atoms with Crippen molar-refractivity contribution in [3.63, 3.8) is 0 Å². The van der Waals surface area contributed by atoms with Gasteiger partial charge in [-0.15, -0.1) is 11.3 Å². The quantitative estimate of drug-likeness (QED) is 0.790. The Morgan fingerprint density at radius 3 is 2.94 bits per heavy atom. The van der Waals surface area contributed by atoms with Gasteiger partial charge in [-0.3, -0.25) is 0 Å². The molecule has 0 spiro atoms. The van der Waals surface area contributed by atoms with Crippen molar-refractivity contribution < 1.29 is 14.3 Å². The predicted molar refractivity (Wildman–Crippen MR) is 70.1 cm³/mol. The average molecular weight is 277 g/mol. The molecule has 3 aromatic rings. The predicted octanol–water partition coefficient (Wildman–Crippen LogP) is 3.83. The molecule has 90 valence electrons. The molecular weight excluding hydrogens is 270 g/mol. The van der Waals surface area contributed by atoms with E-state index >= 15 is 0 Å². The monoisotopic (exact) mass is 277 g/mol. The number of thiazole rings is 1. The van der Waals surface area contributed by atoms with E-state index in [4.69, 9.17) is 9.52 Å². The topological polar surface area (TPSA) is 63.3 Å². The first-order valence-electron chi connectivity index (χ1n) is 5.04. The van der Waals surface area contributed by atoms with Crippen molar-refractivity contribution in [3.8, 4) is 22.0 Å². The van der Waals surface area contributed by atoms with E-state index in [1.807, 2.05) is 22.2 Å². The van der Waals surface area contributed by atoms with Crippen molar-refractivity contribution in [2.24, 2.45) is 0 Å². The molecule has 0 fully saturated rings. The minimum Gasteiger partial charge on any atom is -0.478 e. The van der Waals surface area contributed by atoms with Gasteiger partial charge in [0.2, 0.25) is 0 Å². The highest BCUT2D eigenvalue weighted by Gasteiger charge is 2.13. The third-order valence-electron chi connectivity index (χ3n) is 2.37. The maximum atomic E-state index is 10.8. The number of aromatic carboxylic acids is 1. The van der Waals surface area contributed by atoms with Gasteiger partial charge >= 0.3 is 5.97 Å². The van der Waals surface area contributed by atoms with Crippen molar-refractivity contribution in [1.29, 1.82) is 0 Å². The van der Waals surface area contributed by atoms with Gasteiger partial charge in [-0.05, 0) is 11.4 Å². The van der Waals surface area contributed by atoms with Crippen LogP contribution in [0.2, 0.25) is 0 Å². The van der Waals surface area contributed by atoms with Crippen molar-refractivity contribution in [2.45, 2.75) is 0 Å². The lowest BCUT2D eigenvalue weighted by Gasteiger charge is -1.88. The molecule has 0 saturated heterocycles. The SMILES string of the molecule is O=C(O)c1coc(-c2csc(-c3ccsc3)n2)c1. The molecule has 0 unspecified atom stereocenters. The van der Waals surface area contributed by atoms with Crippen molar-refractivity contribution in [2.75, 3.05) is 0 Å². The Labute approximate surface area is 110 Å². The highest BCUT2D eigenvalue weighted by atomic mass is 32.1. The Kier molecular flexibility index (Phi) is 2.73. The molecule has 3 aromatic heterocycles. The van der Waals surface area contributed by atoms with Gasteiger partial charge in [0, 0.05) is 22.4 Å². The average Bonchev–Trinajstić information content (AvgIpc) is 3.10. The van der Waals surface area contributed by atoms with Crippen LogP contribution >= 0.6 is 22.7 Å². The Morgan fingerprint density at radius 1 is 1.39 bits per heavy atom. The van der Waals surface area contributed by atoms with Crippen LogP contribution in [0.15, 0.2) is 39.0 Å². The summed E-state index contributed by atoms with van der Waals surface area (Å²) in [6.45, 7) is 0. The van der Waals surface area contributed by atoms with Crippen LogP contribution in [0.5, 0.6) is 0 Å². The Bertz CT molecular complexity index is 682. The maximum Gasteiger partial charge on any atom is 0.338 e. The normalized spacial score (nSPS) is 10.7. The number of carboxylic acid groups (broad SMARTS) is 1. The van der Waals surface area contributed by atoms with Crippen LogP contribution in [0.3, 0.4) is 0 Å². The molecule has 6 heteroatoms. The van der Waals surface area contributed by atoms with E-state index < -0.39 is 5.97 Å². The lowest BCUT2D eigenvalue weighted by atomic mass is 10.3. The molecule has 0 aliphatic heterocycles. The lowest BCUT2D eigenvalue weighted by Crippen LogP contribution is -1.91. The van der Waals surface area contributed by atoms with Crippen LogP contribution in [0, 0.1) is 0 Å². The van der Waals surface area contributed by atoms with E-state index in [9.17, 15) is 4.79 Å². The van der Waals surface area contributed by atoms with Crippen LogP contribution < -0.4 is 0 Å².